The number of amides is 3. The van der Waals surface area contributed by atoms with Crippen LogP contribution in [-0.4, -0.2) is 91.0 Å². The SMILES string of the molecule is CC(C)(C)C(=O)CN[C@H](C(=O)N1C[C@H](ON=C2c3ccccc3-c3ccccc32)C[C@H]1C(=O)N[C@@]1(C(=O)NS(=O)(=O)C2CC2)C[C@H]1C(F)F)C(C)(C)C. The third-order valence-electron chi connectivity index (χ3n) is 10.5. The maximum absolute atomic E-state index is 14.5. The molecule has 0 aromatic heterocycles. The summed E-state index contributed by atoms with van der Waals surface area (Å²) in [5.74, 6) is -4.43. The van der Waals surface area contributed by atoms with Gasteiger partial charge in [0, 0.05) is 23.0 Å². The molecule has 286 valence electrons. The summed E-state index contributed by atoms with van der Waals surface area (Å²) in [6.07, 6.45) is -3.75. The van der Waals surface area contributed by atoms with E-state index in [9.17, 15) is 36.4 Å². The molecule has 1 aliphatic heterocycles. The van der Waals surface area contributed by atoms with Crippen LogP contribution in [-0.2, 0) is 34.0 Å². The Kier molecular flexibility index (Phi) is 10.1. The van der Waals surface area contributed by atoms with Gasteiger partial charge < -0.3 is 15.1 Å². The minimum atomic E-state index is -4.11. The molecule has 12 nitrogen and oxygen atoms in total. The standard InChI is InChI=1S/C38H47F2N5O7S/c1-36(2,3)29(46)19-41-31(37(4,5)6)34(48)45-20-21(52-43-30-25-13-9-7-11-23(25)24-12-8-10-14-26(24)30)17-28(45)33(47)42-38(18-27(38)32(39)40)35(49)44-53(50,51)22-15-16-22/h7-14,21-22,27-28,31-32,41H,15-20H2,1-6H3,(H,42,47)(H,44,49)/t21-,27+,28+,31-,38+/m1/s1. The van der Waals surface area contributed by atoms with Gasteiger partial charge in [0.15, 0.2) is 5.78 Å². The van der Waals surface area contributed by atoms with Crippen LogP contribution in [0.4, 0.5) is 8.78 Å². The number of rotatable bonds is 12. The molecule has 1 saturated heterocycles. The van der Waals surface area contributed by atoms with Crippen LogP contribution in [0, 0.1) is 16.7 Å². The van der Waals surface area contributed by atoms with E-state index in [0.29, 0.717) is 18.6 Å². The second-order valence-electron chi connectivity index (χ2n) is 16.6. The predicted octanol–water partition coefficient (Wildman–Crippen LogP) is 3.77. The Balaban J connectivity index is 1.29. The first-order valence-electron chi connectivity index (χ1n) is 17.9. The van der Waals surface area contributed by atoms with E-state index in [1.807, 2.05) is 53.3 Å². The zero-order valence-corrected chi connectivity index (χ0v) is 31.6. The Hall–Kier alpha value is -4.24. The molecule has 4 aliphatic rings. The molecule has 3 amide bonds. The number of oxime groups is 1. The van der Waals surface area contributed by atoms with Gasteiger partial charge in [-0.05, 0) is 35.8 Å². The third-order valence-corrected chi connectivity index (χ3v) is 12.3. The lowest BCUT2D eigenvalue weighted by Crippen LogP contribution is -2.60. The molecule has 1 heterocycles. The quantitative estimate of drug-likeness (QED) is 0.236. The van der Waals surface area contributed by atoms with Gasteiger partial charge in [-0.25, -0.2) is 17.2 Å². The monoisotopic (exact) mass is 755 g/mol. The molecular formula is C38H47F2N5O7S. The summed E-state index contributed by atoms with van der Waals surface area (Å²) in [6, 6.07) is 13.1. The van der Waals surface area contributed by atoms with Crippen molar-refractivity contribution in [1.82, 2.24) is 20.3 Å². The predicted molar refractivity (Wildman–Crippen MR) is 193 cm³/mol. The molecule has 53 heavy (non-hydrogen) atoms. The fourth-order valence-electron chi connectivity index (χ4n) is 7.01. The molecule has 3 aliphatic carbocycles. The fourth-order valence-corrected chi connectivity index (χ4v) is 8.38. The molecule has 2 aromatic carbocycles. The second kappa shape index (κ2) is 13.9. The van der Waals surface area contributed by atoms with Crippen LogP contribution in [0.2, 0.25) is 0 Å². The number of likely N-dealkylation sites (tertiary alicyclic amines) is 1. The number of fused-ring (bicyclic) bond motifs is 3. The lowest BCUT2D eigenvalue weighted by molar-refractivity contribution is -0.143. The lowest BCUT2D eigenvalue weighted by atomic mass is 9.84. The molecule has 3 fully saturated rings. The zero-order valence-electron chi connectivity index (χ0n) is 30.7. The minimum absolute atomic E-state index is 0.104. The van der Waals surface area contributed by atoms with Crippen molar-refractivity contribution in [3.05, 3.63) is 59.7 Å². The number of hydrogen-bond donors (Lipinski definition) is 3. The first-order valence-corrected chi connectivity index (χ1v) is 19.5. The average Bonchev–Trinajstić information content (AvgIpc) is 3.99. The minimum Gasteiger partial charge on any atom is -0.390 e. The Morgan fingerprint density at radius 2 is 1.51 bits per heavy atom. The molecule has 15 heteroatoms. The molecular weight excluding hydrogens is 709 g/mol. The van der Waals surface area contributed by atoms with Crippen molar-refractivity contribution in [2.75, 3.05) is 13.1 Å². The van der Waals surface area contributed by atoms with Crippen LogP contribution in [0.25, 0.3) is 11.1 Å². The van der Waals surface area contributed by atoms with E-state index >= 15 is 0 Å². The molecule has 0 bridgehead atoms. The van der Waals surface area contributed by atoms with Gasteiger partial charge in [-0.15, -0.1) is 0 Å². The first-order chi connectivity index (χ1) is 24.7. The number of sulfonamides is 1. The summed E-state index contributed by atoms with van der Waals surface area (Å²) in [7, 11) is -4.11. The summed E-state index contributed by atoms with van der Waals surface area (Å²) in [5.41, 5.74) is 0.590. The number of benzene rings is 2. The Morgan fingerprint density at radius 3 is 2.00 bits per heavy atom. The van der Waals surface area contributed by atoms with Gasteiger partial charge in [-0.1, -0.05) is 95.2 Å². The van der Waals surface area contributed by atoms with E-state index in [-0.39, 0.29) is 25.3 Å². The van der Waals surface area contributed by atoms with Crippen LogP contribution < -0.4 is 15.4 Å². The maximum Gasteiger partial charge on any atom is 0.259 e. The molecule has 0 radical (unpaired) electrons. The van der Waals surface area contributed by atoms with E-state index in [2.05, 4.69) is 15.8 Å². The van der Waals surface area contributed by atoms with Gasteiger partial charge >= 0.3 is 0 Å². The molecule has 3 N–H and O–H groups in total. The van der Waals surface area contributed by atoms with E-state index in [0.717, 1.165) is 22.3 Å². The highest BCUT2D eigenvalue weighted by Crippen LogP contribution is 2.48. The zero-order chi connectivity index (χ0) is 38.7. The number of hydrogen-bond acceptors (Lipinski definition) is 9. The van der Waals surface area contributed by atoms with Gasteiger partial charge in [0.25, 0.3) is 5.91 Å². The Labute approximate surface area is 308 Å². The first kappa shape index (κ1) is 38.5. The number of carbonyl (C=O) groups is 4. The summed E-state index contributed by atoms with van der Waals surface area (Å²) in [6.45, 7) is 10.5. The number of Topliss-reactive ketones (excluding diaryl/α,β-unsaturated/α-hetero) is 1. The van der Waals surface area contributed by atoms with Crippen molar-refractivity contribution >= 4 is 39.2 Å². The highest BCUT2D eigenvalue weighted by atomic mass is 32.2. The van der Waals surface area contributed by atoms with Gasteiger partial charge in [-0.2, -0.15) is 0 Å². The van der Waals surface area contributed by atoms with Gasteiger partial charge in [0.2, 0.25) is 28.3 Å². The molecule has 2 aromatic rings. The van der Waals surface area contributed by atoms with Crippen LogP contribution in [0.15, 0.2) is 53.7 Å². The van der Waals surface area contributed by atoms with Gasteiger partial charge in [0.1, 0.15) is 23.4 Å². The highest BCUT2D eigenvalue weighted by molar-refractivity contribution is 7.91. The number of ketones is 1. The summed E-state index contributed by atoms with van der Waals surface area (Å²) in [5, 5.41) is 9.26. The molecule has 5 atom stereocenters. The maximum atomic E-state index is 14.5. The Bertz CT molecular complexity index is 1910. The number of nitrogens with zero attached hydrogens (tertiary/aromatic N) is 2. The Morgan fingerprint density at radius 1 is 0.943 bits per heavy atom. The van der Waals surface area contributed by atoms with Crippen LogP contribution in [0.1, 0.15) is 78.4 Å². The fraction of sp³-hybridized carbons (Fsp3) is 0.553. The topological polar surface area (TPSA) is 163 Å². The molecule has 6 rings (SSSR count). The van der Waals surface area contributed by atoms with Crippen molar-refractivity contribution in [3.8, 4) is 11.1 Å². The molecule has 2 saturated carbocycles. The average molecular weight is 756 g/mol. The van der Waals surface area contributed by atoms with Crippen molar-refractivity contribution in [1.29, 1.82) is 0 Å². The van der Waals surface area contributed by atoms with Crippen molar-refractivity contribution in [2.45, 2.75) is 103 Å². The van der Waals surface area contributed by atoms with E-state index in [1.165, 1.54) is 4.90 Å². The third kappa shape index (κ3) is 7.73. The second-order valence-corrected chi connectivity index (χ2v) is 18.6. The van der Waals surface area contributed by atoms with E-state index in [1.54, 1.807) is 41.5 Å². The van der Waals surface area contributed by atoms with E-state index in [4.69, 9.17) is 4.84 Å². The van der Waals surface area contributed by atoms with Crippen molar-refractivity contribution in [2.24, 2.45) is 21.9 Å². The largest absolute Gasteiger partial charge is 0.390 e. The summed E-state index contributed by atoms with van der Waals surface area (Å²) < 4.78 is 55.3. The number of carbonyl (C=O) groups excluding carboxylic acids is 4. The van der Waals surface area contributed by atoms with E-state index < -0.39 is 86.3 Å². The number of nitrogens with one attached hydrogen (secondary N) is 3. The van der Waals surface area contributed by atoms with Crippen molar-refractivity contribution < 1.29 is 41.2 Å². The molecule has 0 spiro atoms. The van der Waals surface area contributed by atoms with Crippen LogP contribution in [0.5, 0.6) is 0 Å². The smallest absolute Gasteiger partial charge is 0.259 e. The number of alkyl halides is 2. The van der Waals surface area contributed by atoms with Gasteiger partial charge in [0.05, 0.1) is 30.3 Å². The highest BCUT2D eigenvalue weighted by Gasteiger charge is 2.67. The van der Waals surface area contributed by atoms with Crippen molar-refractivity contribution in [3.63, 3.8) is 0 Å². The normalized spacial score (nSPS) is 24.3. The van der Waals surface area contributed by atoms with Crippen LogP contribution in [0.3, 0.4) is 0 Å². The number of halogens is 2. The summed E-state index contributed by atoms with van der Waals surface area (Å²) >= 11 is 0. The lowest BCUT2D eigenvalue weighted by Gasteiger charge is -2.36. The summed E-state index contributed by atoms with van der Waals surface area (Å²) in [4.78, 5) is 62.2. The van der Waals surface area contributed by atoms with Crippen LogP contribution >= 0.6 is 0 Å². The van der Waals surface area contributed by atoms with Gasteiger partial charge in [-0.3, -0.25) is 29.2 Å². The molecule has 0 unspecified atom stereocenters.